The summed E-state index contributed by atoms with van der Waals surface area (Å²) in [7, 11) is 0. The molecule has 0 aliphatic heterocycles. The molecular weight excluding hydrogens is 234 g/mol. The highest BCUT2D eigenvalue weighted by atomic mass is 15.0. The first-order valence-electron chi connectivity index (χ1n) is 6.92. The van der Waals surface area contributed by atoms with Crippen LogP contribution in [0.3, 0.4) is 0 Å². The van der Waals surface area contributed by atoms with Gasteiger partial charge in [-0.1, -0.05) is 0 Å². The third-order valence-electron chi connectivity index (χ3n) is 3.80. The number of aromatic nitrogens is 2. The first-order chi connectivity index (χ1) is 9.13. The monoisotopic (exact) mass is 257 g/mol. The van der Waals surface area contributed by atoms with E-state index in [2.05, 4.69) is 60.8 Å². The van der Waals surface area contributed by atoms with E-state index in [-0.39, 0.29) is 0 Å². The second-order valence-corrected chi connectivity index (χ2v) is 5.02. The highest BCUT2D eigenvalue weighted by Gasteiger charge is 2.09. The predicted molar refractivity (Wildman–Crippen MR) is 79.1 cm³/mol. The number of hydrogen-bond acceptors (Lipinski definition) is 2. The van der Waals surface area contributed by atoms with Crippen molar-refractivity contribution in [3.8, 4) is 0 Å². The van der Waals surface area contributed by atoms with Crippen LogP contribution < -0.4 is 5.32 Å². The van der Waals surface area contributed by atoms with E-state index in [0.29, 0.717) is 6.04 Å². The van der Waals surface area contributed by atoms with E-state index in [1.807, 2.05) is 12.4 Å². The Kier molecular flexibility index (Phi) is 4.38. The molecule has 0 aliphatic carbocycles. The summed E-state index contributed by atoms with van der Waals surface area (Å²) >= 11 is 0. The zero-order chi connectivity index (χ0) is 13.8. The average Bonchev–Trinajstić information content (AvgIpc) is 2.71. The molecule has 0 unspecified atom stereocenters. The van der Waals surface area contributed by atoms with Gasteiger partial charge in [-0.3, -0.25) is 4.98 Å². The van der Waals surface area contributed by atoms with Crippen molar-refractivity contribution < 1.29 is 0 Å². The lowest BCUT2D eigenvalue weighted by atomic mass is 10.1. The van der Waals surface area contributed by atoms with Crippen molar-refractivity contribution in [3.63, 3.8) is 0 Å². The number of nitrogens with one attached hydrogen (secondary N) is 1. The summed E-state index contributed by atoms with van der Waals surface area (Å²) < 4.78 is 2.36. The third-order valence-corrected chi connectivity index (χ3v) is 3.80. The van der Waals surface area contributed by atoms with Crippen LogP contribution in [0.15, 0.2) is 30.6 Å². The Morgan fingerprint density at radius 2 is 1.95 bits per heavy atom. The minimum atomic E-state index is 0.340. The average molecular weight is 257 g/mol. The predicted octanol–water partition coefficient (Wildman–Crippen LogP) is 3.37. The van der Waals surface area contributed by atoms with Crippen molar-refractivity contribution in [1.82, 2.24) is 14.9 Å². The normalized spacial score (nSPS) is 12.6. The van der Waals surface area contributed by atoms with Crippen LogP contribution in [0.5, 0.6) is 0 Å². The summed E-state index contributed by atoms with van der Waals surface area (Å²) in [6.07, 6.45) is 3.69. The fourth-order valence-corrected chi connectivity index (χ4v) is 2.57. The van der Waals surface area contributed by atoms with Crippen LogP contribution in [-0.2, 0) is 13.1 Å². The quantitative estimate of drug-likeness (QED) is 0.890. The molecule has 19 heavy (non-hydrogen) atoms. The summed E-state index contributed by atoms with van der Waals surface area (Å²) in [6.45, 7) is 10.7. The lowest BCUT2D eigenvalue weighted by Crippen LogP contribution is -2.18. The van der Waals surface area contributed by atoms with Crippen LogP contribution in [0.4, 0.5) is 0 Å². The molecule has 2 aromatic heterocycles. The molecule has 1 atom stereocenters. The van der Waals surface area contributed by atoms with Crippen molar-refractivity contribution >= 4 is 0 Å². The molecule has 3 nitrogen and oxygen atoms in total. The maximum atomic E-state index is 4.06. The smallest absolute Gasteiger partial charge is 0.0296 e. The summed E-state index contributed by atoms with van der Waals surface area (Å²) in [5.74, 6) is 0. The Labute approximate surface area is 115 Å². The van der Waals surface area contributed by atoms with E-state index >= 15 is 0 Å². The molecule has 2 rings (SSSR count). The second-order valence-electron chi connectivity index (χ2n) is 5.02. The highest BCUT2D eigenvalue weighted by Crippen LogP contribution is 2.17. The van der Waals surface area contributed by atoms with Gasteiger partial charge in [0, 0.05) is 42.9 Å². The molecule has 0 spiro atoms. The van der Waals surface area contributed by atoms with Crippen LogP contribution in [0.25, 0.3) is 0 Å². The van der Waals surface area contributed by atoms with Gasteiger partial charge in [-0.15, -0.1) is 0 Å². The molecule has 102 valence electrons. The van der Waals surface area contributed by atoms with Crippen molar-refractivity contribution in [3.05, 3.63) is 53.1 Å². The highest BCUT2D eigenvalue weighted by molar-refractivity contribution is 5.27. The number of aryl methyl sites for hydroxylation is 1. The SMILES string of the molecule is CCn1c(C)cc(CN[C@H](C)c2ccncc2)c1C. The van der Waals surface area contributed by atoms with Crippen molar-refractivity contribution in [2.75, 3.05) is 0 Å². The van der Waals surface area contributed by atoms with Gasteiger partial charge in [0.05, 0.1) is 0 Å². The lowest BCUT2D eigenvalue weighted by Gasteiger charge is -2.14. The summed E-state index contributed by atoms with van der Waals surface area (Å²) in [5.41, 5.74) is 5.38. The van der Waals surface area contributed by atoms with Crippen molar-refractivity contribution in [1.29, 1.82) is 0 Å². The molecule has 0 saturated heterocycles. The van der Waals surface area contributed by atoms with Gasteiger partial charge in [0.25, 0.3) is 0 Å². The largest absolute Gasteiger partial charge is 0.349 e. The fraction of sp³-hybridized carbons (Fsp3) is 0.438. The molecule has 3 heteroatoms. The first-order valence-corrected chi connectivity index (χ1v) is 6.92. The molecule has 2 heterocycles. The summed E-state index contributed by atoms with van der Waals surface area (Å²) in [6, 6.07) is 6.75. The van der Waals surface area contributed by atoms with Crippen LogP contribution >= 0.6 is 0 Å². The molecule has 1 N–H and O–H groups in total. The fourth-order valence-electron chi connectivity index (χ4n) is 2.57. The minimum Gasteiger partial charge on any atom is -0.349 e. The van der Waals surface area contributed by atoms with E-state index in [0.717, 1.165) is 13.1 Å². The Bertz CT molecular complexity index is 528. The van der Waals surface area contributed by atoms with Gasteiger partial charge in [-0.25, -0.2) is 0 Å². The van der Waals surface area contributed by atoms with E-state index in [4.69, 9.17) is 0 Å². The number of rotatable bonds is 5. The van der Waals surface area contributed by atoms with Gasteiger partial charge in [-0.2, -0.15) is 0 Å². The number of pyridine rings is 1. The van der Waals surface area contributed by atoms with Crippen LogP contribution in [-0.4, -0.2) is 9.55 Å². The van der Waals surface area contributed by atoms with Crippen molar-refractivity contribution in [2.24, 2.45) is 0 Å². The first kappa shape index (κ1) is 13.8. The molecule has 0 aromatic carbocycles. The summed E-state index contributed by atoms with van der Waals surface area (Å²) in [4.78, 5) is 4.06. The standard InChI is InChI=1S/C16H23N3/c1-5-19-12(2)10-16(14(19)4)11-18-13(3)15-6-8-17-9-7-15/h6-10,13,18H,5,11H2,1-4H3/t13-/m1/s1. The van der Waals surface area contributed by atoms with Gasteiger partial charge >= 0.3 is 0 Å². The van der Waals surface area contributed by atoms with E-state index in [1.54, 1.807) is 0 Å². The maximum absolute atomic E-state index is 4.06. The topological polar surface area (TPSA) is 29.9 Å². The Morgan fingerprint density at radius 1 is 1.26 bits per heavy atom. The zero-order valence-corrected chi connectivity index (χ0v) is 12.3. The summed E-state index contributed by atoms with van der Waals surface area (Å²) in [5, 5.41) is 3.58. The molecule has 0 bridgehead atoms. The van der Waals surface area contributed by atoms with Crippen LogP contribution in [0.1, 0.15) is 42.4 Å². The molecular formula is C16H23N3. The van der Waals surface area contributed by atoms with Gasteiger partial charge in [0.1, 0.15) is 0 Å². The lowest BCUT2D eigenvalue weighted by molar-refractivity contribution is 0.571. The molecule has 0 aliphatic rings. The third kappa shape index (κ3) is 3.04. The second kappa shape index (κ2) is 6.02. The Morgan fingerprint density at radius 3 is 2.53 bits per heavy atom. The molecule has 0 amide bonds. The minimum absolute atomic E-state index is 0.340. The molecule has 0 saturated carbocycles. The van der Waals surface area contributed by atoms with Crippen LogP contribution in [0, 0.1) is 13.8 Å². The van der Waals surface area contributed by atoms with Gasteiger partial charge < -0.3 is 9.88 Å². The molecule has 2 aromatic rings. The van der Waals surface area contributed by atoms with Crippen LogP contribution in [0.2, 0.25) is 0 Å². The molecule has 0 radical (unpaired) electrons. The van der Waals surface area contributed by atoms with Gasteiger partial charge in [0.15, 0.2) is 0 Å². The van der Waals surface area contributed by atoms with E-state index in [1.165, 1.54) is 22.5 Å². The number of hydrogen-bond donors (Lipinski definition) is 1. The zero-order valence-electron chi connectivity index (χ0n) is 12.3. The van der Waals surface area contributed by atoms with Crippen molar-refractivity contribution in [2.45, 2.75) is 46.8 Å². The van der Waals surface area contributed by atoms with E-state index < -0.39 is 0 Å². The molecule has 0 fully saturated rings. The Balaban J connectivity index is 2.03. The number of nitrogens with zero attached hydrogens (tertiary/aromatic N) is 2. The van der Waals surface area contributed by atoms with Gasteiger partial charge in [0.2, 0.25) is 0 Å². The maximum Gasteiger partial charge on any atom is 0.0296 e. The van der Waals surface area contributed by atoms with E-state index in [9.17, 15) is 0 Å². The Hall–Kier alpha value is -1.61. The van der Waals surface area contributed by atoms with Gasteiger partial charge in [-0.05, 0) is 57.0 Å².